The van der Waals surface area contributed by atoms with E-state index in [4.69, 9.17) is 5.11 Å². The Kier molecular flexibility index (Phi) is 3.77. The van der Waals surface area contributed by atoms with Crippen molar-refractivity contribution in [2.24, 2.45) is 5.92 Å². The van der Waals surface area contributed by atoms with Gasteiger partial charge in [0.1, 0.15) is 6.42 Å². The van der Waals surface area contributed by atoms with E-state index in [-0.39, 0.29) is 6.42 Å². The Morgan fingerprint density at radius 3 is 2.38 bits per heavy atom. The van der Waals surface area contributed by atoms with Gasteiger partial charge in [-0.25, -0.2) is 0 Å². The molecule has 2 atom stereocenters. The van der Waals surface area contributed by atoms with Crippen molar-refractivity contribution in [3.05, 3.63) is 0 Å². The van der Waals surface area contributed by atoms with Gasteiger partial charge in [0.2, 0.25) is 5.91 Å². The molecule has 0 spiro atoms. The number of halogens is 3. The number of hydrogen-bond donors (Lipinski definition) is 2. The fourth-order valence-corrected chi connectivity index (χ4v) is 1.80. The Morgan fingerprint density at radius 2 is 1.94 bits per heavy atom. The number of hydrogen-bond acceptors (Lipinski definition) is 2. The van der Waals surface area contributed by atoms with Crippen molar-refractivity contribution in [3.8, 4) is 0 Å². The van der Waals surface area contributed by atoms with E-state index < -0.39 is 36.4 Å². The van der Waals surface area contributed by atoms with E-state index in [1.165, 1.54) is 0 Å². The van der Waals surface area contributed by atoms with E-state index in [1.54, 1.807) is 0 Å². The number of carbonyl (C=O) groups is 2. The maximum absolute atomic E-state index is 11.8. The average molecular weight is 239 g/mol. The number of alkyl halides is 3. The maximum Gasteiger partial charge on any atom is 0.397 e. The van der Waals surface area contributed by atoms with E-state index in [0.29, 0.717) is 12.8 Å². The highest BCUT2D eigenvalue weighted by Gasteiger charge is 2.34. The van der Waals surface area contributed by atoms with Crippen molar-refractivity contribution >= 4 is 11.9 Å². The lowest BCUT2D eigenvalue weighted by Crippen LogP contribution is -2.36. The summed E-state index contributed by atoms with van der Waals surface area (Å²) < 4.78 is 35.5. The van der Waals surface area contributed by atoms with Gasteiger partial charge >= 0.3 is 12.1 Å². The molecule has 0 aromatic rings. The second-order valence-electron chi connectivity index (χ2n) is 3.90. The lowest BCUT2D eigenvalue weighted by atomic mass is 10.1. The predicted octanol–water partition coefficient (Wildman–Crippen LogP) is 1.31. The molecule has 4 nitrogen and oxygen atoms in total. The molecular weight excluding hydrogens is 227 g/mol. The smallest absolute Gasteiger partial charge is 0.397 e. The van der Waals surface area contributed by atoms with Crippen molar-refractivity contribution < 1.29 is 27.9 Å². The van der Waals surface area contributed by atoms with Crippen LogP contribution in [0.2, 0.25) is 0 Å². The molecule has 2 N–H and O–H groups in total. The van der Waals surface area contributed by atoms with Crippen LogP contribution >= 0.6 is 0 Å². The molecule has 2 unspecified atom stereocenters. The molecule has 1 aliphatic rings. The van der Waals surface area contributed by atoms with Crippen LogP contribution in [0.4, 0.5) is 13.2 Å². The number of carboxylic acids is 1. The van der Waals surface area contributed by atoms with Crippen LogP contribution in [0.5, 0.6) is 0 Å². The van der Waals surface area contributed by atoms with Crippen molar-refractivity contribution in [1.29, 1.82) is 0 Å². The minimum Gasteiger partial charge on any atom is -0.481 e. The molecule has 16 heavy (non-hydrogen) atoms. The van der Waals surface area contributed by atoms with Crippen LogP contribution < -0.4 is 5.32 Å². The molecule has 7 heteroatoms. The summed E-state index contributed by atoms with van der Waals surface area (Å²) in [4.78, 5) is 21.5. The summed E-state index contributed by atoms with van der Waals surface area (Å²) in [5.41, 5.74) is 0. The van der Waals surface area contributed by atoms with Gasteiger partial charge in [0.05, 0.1) is 5.92 Å². The first kappa shape index (κ1) is 12.8. The van der Waals surface area contributed by atoms with Gasteiger partial charge in [-0.3, -0.25) is 9.59 Å². The molecular formula is C9H12F3NO3. The van der Waals surface area contributed by atoms with Crippen molar-refractivity contribution in [2.45, 2.75) is 37.9 Å². The fourth-order valence-electron chi connectivity index (χ4n) is 1.80. The molecule has 0 radical (unpaired) electrons. The number of carboxylic acid groups (broad SMARTS) is 1. The Balaban J connectivity index is 2.34. The number of nitrogens with one attached hydrogen (secondary N) is 1. The van der Waals surface area contributed by atoms with Crippen molar-refractivity contribution in [1.82, 2.24) is 5.32 Å². The van der Waals surface area contributed by atoms with Crippen LogP contribution in [0.1, 0.15) is 25.7 Å². The molecule has 1 saturated carbocycles. The van der Waals surface area contributed by atoms with Crippen LogP contribution in [-0.2, 0) is 9.59 Å². The van der Waals surface area contributed by atoms with Crippen LogP contribution in [0.15, 0.2) is 0 Å². The van der Waals surface area contributed by atoms with Crippen LogP contribution in [0, 0.1) is 5.92 Å². The third-order valence-corrected chi connectivity index (χ3v) is 2.51. The summed E-state index contributed by atoms with van der Waals surface area (Å²) in [6.45, 7) is 0. The van der Waals surface area contributed by atoms with Gasteiger partial charge in [0, 0.05) is 6.04 Å². The quantitative estimate of drug-likeness (QED) is 0.780. The first-order valence-electron chi connectivity index (χ1n) is 4.87. The highest BCUT2D eigenvalue weighted by molar-refractivity contribution is 5.77. The first-order chi connectivity index (χ1) is 7.28. The normalized spacial score (nSPS) is 25.4. The molecule has 0 saturated heterocycles. The number of carbonyl (C=O) groups excluding carboxylic acids is 1. The topological polar surface area (TPSA) is 66.4 Å². The molecule has 1 fully saturated rings. The van der Waals surface area contributed by atoms with E-state index in [0.717, 1.165) is 0 Å². The highest BCUT2D eigenvalue weighted by Crippen LogP contribution is 2.26. The second-order valence-corrected chi connectivity index (χ2v) is 3.90. The Labute approximate surface area is 89.8 Å². The van der Waals surface area contributed by atoms with E-state index in [9.17, 15) is 22.8 Å². The van der Waals surface area contributed by atoms with Crippen molar-refractivity contribution in [3.63, 3.8) is 0 Å². The zero-order chi connectivity index (χ0) is 12.3. The van der Waals surface area contributed by atoms with Gasteiger partial charge < -0.3 is 10.4 Å². The predicted molar refractivity (Wildman–Crippen MR) is 47.6 cm³/mol. The minimum absolute atomic E-state index is 0.207. The number of amides is 1. The SMILES string of the molecule is O=C(CC(F)(F)F)NC1CCC(C(=O)O)C1. The Bertz CT molecular complexity index is 290. The van der Waals surface area contributed by atoms with Crippen LogP contribution in [0.25, 0.3) is 0 Å². The lowest BCUT2D eigenvalue weighted by molar-refractivity contribution is -0.154. The van der Waals surface area contributed by atoms with Crippen molar-refractivity contribution in [2.75, 3.05) is 0 Å². The summed E-state index contributed by atoms with van der Waals surface area (Å²) in [6, 6.07) is -0.448. The summed E-state index contributed by atoms with van der Waals surface area (Å²) in [7, 11) is 0. The van der Waals surface area contributed by atoms with Crippen LogP contribution in [-0.4, -0.2) is 29.2 Å². The fraction of sp³-hybridized carbons (Fsp3) is 0.778. The molecule has 0 aliphatic heterocycles. The van der Waals surface area contributed by atoms with Gasteiger partial charge in [-0.1, -0.05) is 0 Å². The highest BCUT2D eigenvalue weighted by atomic mass is 19.4. The summed E-state index contributed by atoms with van der Waals surface area (Å²) in [6.07, 6.45) is -5.01. The first-order valence-corrected chi connectivity index (χ1v) is 4.87. The molecule has 0 aromatic carbocycles. The third-order valence-electron chi connectivity index (χ3n) is 2.51. The van der Waals surface area contributed by atoms with Gasteiger partial charge in [-0.2, -0.15) is 13.2 Å². The Hall–Kier alpha value is -1.27. The molecule has 0 bridgehead atoms. The molecule has 0 aromatic heterocycles. The zero-order valence-electron chi connectivity index (χ0n) is 8.38. The molecule has 1 amide bonds. The van der Waals surface area contributed by atoms with Crippen LogP contribution in [0.3, 0.4) is 0 Å². The monoisotopic (exact) mass is 239 g/mol. The maximum atomic E-state index is 11.8. The largest absolute Gasteiger partial charge is 0.481 e. The number of aliphatic carboxylic acids is 1. The summed E-state index contributed by atoms with van der Waals surface area (Å²) >= 11 is 0. The standard InChI is InChI=1S/C9H12F3NO3/c10-9(11,12)4-7(14)13-6-2-1-5(3-6)8(15)16/h5-6H,1-4H2,(H,13,14)(H,15,16). The minimum atomic E-state index is -4.52. The van der Waals surface area contributed by atoms with E-state index in [1.807, 2.05) is 0 Å². The van der Waals surface area contributed by atoms with Gasteiger partial charge in [-0.05, 0) is 19.3 Å². The van der Waals surface area contributed by atoms with Gasteiger partial charge in [0.25, 0.3) is 0 Å². The molecule has 1 rings (SSSR count). The van der Waals surface area contributed by atoms with E-state index >= 15 is 0 Å². The van der Waals surface area contributed by atoms with Gasteiger partial charge in [-0.15, -0.1) is 0 Å². The third kappa shape index (κ3) is 4.08. The average Bonchev–Trinajstić information content (AvgIpc) is 2.48. The molecule has 92 valence electrons. The second kappa shape index (κ2) is 4.71. The molecule has 0 heterocycles. The zero-order valence-corrected chi connectivity index (χ0v) is 8.38. The van der Waals surface area contributed by atoms with Gasteiger partial charge in [0.15, 0.2) is 0 Å². The molecule has 1 aliphatic carbocycles. The summed E-state index contributed by atoms with van der Waals surface area (Å²) in [5.74, 6) is -2.62. The van der Waals surface area contributed by atoms with E-state index in [2.05, 4.69) is 5.32 Å². The summed E-state index contributed by atoms with van der Waals surface area (Å²) in [5, 5.41) is 10.9. The Morgan fingerprint density at radius 1 is 1.31 bits per heavy atom. The lowest BCUT2D eigenvalue weighted by Gasteiger charge is -2.13. The number of rotatable bonds is 3.